The van der Waals surface area contributed by atoms with E-state index in [2.05, 4.69) is 6.92 Å². The molecule has 1 aliphatic carbocycles. The summed E-state index contributed by atoms with van der Waals surface area (Å²) in [5.41, 5.74) is 0. The fourth-order valence-corrected chi connectivity index (χ4v) is 4.43. The van der Waals surface area contributed by atoms with Gasteiger partial charge in [-0.15, -0.1) is 0 Å². The van der Waals surface area contributed by atoms with E-state index in [-0.39, 0.29) is 4.82 Å². The van der Waals surface area contributed by atoms with Crippen molar-refractivity contribution in [2.45, 2.75) is 88.8 Å². The van der Waals surface area contributed by atoms with Gasteiger partial charge >= 0.3 is 110 Å². The van der Waals surface area contributed by atoms with Gasteiger partial charge in [-0.2, -0.15) is 0 Å². The Morgan fingerprint density at radius 3 is 2.06 bits per heavy atom. The Kier molecular flexibility index (Phi) is 9.18. The topological polar surface area (TPSA) is 37.3 Å². The van der Waals surface area contributed by atoms with E-state index in [4.69, 9.17) is 4.19 Å². The number of rotatable bonds is 9. The van der Waals surface area contributed by atoms with Gasteiger partial charge in [0.25, 0.3) is 0 Å². The van der Waals surface area contributed by atoms with Crippen molar-refractivity contribution in [3.63, 3.8) is 0 Å². The molecular weight excluding hydrogens is 291 g/mol. The van der Waals surface area contributed by atoms with Gasteiger partial charge in [0.05, 0.1) is 0 Å². The number of unbranched alkanes of at least 4 members (excludes halogenated alkanes) is 6. The van der Waals surface area contributed by atoms with Crippen LogP contribution < -0.4 is 0 Å². The molecule has 0 aromatic rings. The summed E-state index contributed by atoms with van der Waals surface area (Å²) in [6.45, 7) is 2.26. The maximum absolute atomic E-state index is 11.1. The van der Waals surface area contributed by atoms with Gasteiger partial charge in [0.1, 0.15) is 0 Å². The Balaban J connectivity index is 1.93. The minimum atomic E-state index is -2.45. The summed E-state index contributed by atoms with van der Waals surface area (Å²) < 4.78 is 20.2. The summed E-state index contributed by atoms with van der Waals surface area (Å²) in [5.74, 6) is 0.849. The Morgan fingerprint density at radius 1 is 0.944 bits per heavy atom. The second kappa shape index (κ2) is 10.1. The van der Waals surface area contributed by atoms with Crippen molar-refractivity contribution in [2.24, 2.45) is 5.92 Å². The molecule has 3 heteroatoms. The predicted octanol–water partition coefficient (Wildman–Crippen LogP) is 4.60. The van der Waals surface area contributed by atoms with Crippen LogP contribution in [0.1, 0.15) is 84.0 Å². The molecule has 1 fully saturated rings. The third-order valence-electron chi connectivity index (χ3n) is 4.29. The summed E-state index contributed by atoms with van der Waals surface area (Å²) >= 11 is -2.45. The average molecular weight is 321 g/mol. The van der Waals surface area contributed by atoms with Gasteiger partial charge in [-0.05, 0) is 0 Å². The van der Waals surface area contributed by atoms with Gasteiger partial charge in [0.15, 0.2) is 0 Å². The molecule has 108 valence electrons. The molecule has 1 aliphatic rings. The quantitative estimate of drug-likeness (QED) is 0.498. The van der Waals surface area contributed by atoms with Crippen molar-refractivity contribution in [1.29, 1.82) is 0 Å². The molecule has 0 spiro atoms. The Morgan fingerprint density at radius 2 is 1.50 bits per heavy atom. The summed E-state index contributed by atoms with van der Waals surface area (Å²) in [5, 5.41) is 0. The van der Waals surface area contributed by atoms with Crippen molar-refractivity contribution in [2.75, 3.05) is 0 Å². The third kappa shape index (κ3) is 7.01. The van der Waals surface area contributed by atoms with Gasteiger partial charge in [-0.3, -0.25) is 0 Å². The zero-order valence-corrected chi connectivity index (χ0v) is 13.6. The molecule has 1 atom stereocenters. The van der Waals surface area contributed by atoms with Gasteiger partial charge < -0.3 is 0 Å². The van der Waals surface area contributed by atoms with Crippen LogP contribution in [0.2, 0.25) is 4.82 Å². The van der Waals surface area contributed by atoms with Gasteiger partial charge in [-0.25, -0.2) is 0 Å². The number of hydrogen-bond donors (Lipinski definition) is 1. The first-order chi connectivity index (χ1) is 8.74. The van der Waals surface area contributed by atoms with Crippen molar-refractivity contribution in [3.8, 4) is 0 Å². The summed E-state index contributed by atoms with van der Waals surface area (Å²) in [6.07, 6.45) is 15.5. The molecule has 0 amide bonds. The van der Waals surface area contributed by atoms with E-state index in [0.717, 1.165) is 18.8 Å². The summed E-state index contributed by atoms with van der Waals surface area (Å²) in [6, 6.07) is 0. The maximum atomic E-state index is 11.1. The van der Waals surface area contributed by atoms with Crippen molar-refractivity contribution < 1.29 is 8.02 Å². The first kappa shape index (κ1) is 16.3. The second-order valence-electron chi connectivity index (χ2n) is 5.83. The van der Waals surface area contributed by atoms with Gasteiger partial charge in [-0.1, -0.05) is 6.92 Å². The van der Waals surface area contributed by atoms with Crippen LogP contribution in [0.5, 0.6) is 0 Å². The van der Waals surface area contributed by atoms with E-state index in [1.807, 2.05) is 0 Å². The van der Waals surface area contributed by atoms with Crippen molar-refractivity contribution in [3.05, 3.63) is 0 Å². The van der Waals surface area contributed by atoms with Crippen molar-refractivity contribution in [1.82, 2.24) is 0 Å². The molecule has 1 rings (SSSR count). The zero-order valence-electron chi connectivity index (χ0n) is 11.9. The molecule has 2 nitrogen and oxygen atoms in total. The van der Waals surface area contributed by atoms with Crippen LogP contribution in [0.15, 0.2) is 0 Å². The summed E-state index contributed by atoms with van der Waals surface area (Å²) in [7, 11) is 0. The van der Waals surface area contributed by atoms with E-state index in [0.29, 0.717) is 0 Å². The van der Waals surface area contributed by atoms with Crippen LogP contribution in [0, 0.1) is 5.92 Å². The molecule has 0 aromatic carbocycles. The molecule has 18 heavy (non-hydrogen) atoms. The standard InChI is InChI=1S/C15H30O2Se/c1-2-3-4-5-6-7-8-9-14-10-12-15(13-11-14)18(16)17/h14-15H,2-13H2,1H3,(H,16,17). The zero-order chi connectivity index (χ0) is 13.2. The first-order valence-corrected chi connectivity index (χ1v) is 10.3. The average Bonchev–Trinajstić information content (AvgIpc) is 2.38. The molecule has 0 bridgehead atoms. The van der Waals surface area contributed by atoms with E-state index in [9.17, 15) is 3.83 Å². The number of hydrogen-bond acceptors (Lipinski definition) is 1. The van der Waals surface area contributed by atoms with Crippen LogP contribution in [-0.4, -0.2) is 18.4 Å². The Hall–Kier alpha value is 0.279. The molecule has 0 radical (unpaired) electrons. The molecule has 0 saturated heterocycles. The molecular formula is C15H30O2Se. The fourth-order valence-electron chi connectivity index (χ4n) is 3.01. The van der Waals surface area contributed by atoms with Gasteiger partial charge in [0.2, 0.25) is 0 Å². The molecule has 1 unspecified atom stereocenters. The van der Waals surface area contributed by atoms with Crippen LogP contribution in [-0.2, 0) is 3.83 Å². The van der Waals surface area contributed by atoms with E-state index in [1.165, 1.54) is 64.2 Å². The monoisotopic (exact) mass is 322 g/mol. The molecule has 1 N–H and O–H groups in total. The molecule has 0 heterocycles. The third-order valence-corrected chi connectivity index (χ3v) is 6.48. The van der Waals surface area contributed by atoms with Gasteiger partial charge in [0, 0.05) is 0 Å². The van der Waals surface area contributed by atoms with E-state index in [1.54, 1.807) is 0 Å². The minimum absolute atomic E-state index is 0.162. The molecule has 0 aliphatic heterocycles. The van der Waals surface area contributed by atoms with E-state index >= 15 is 0 Å². The van der Waals surface area contributed by atoms with E-state index < -0.39 is 14.2 Å². The van der Waals surface area contributed by atoms with Crippen LogP contribution in [0.3, 0.4) is 0 Å². The normalized spacial score (nSPS) is 26.1. The molecule has 0 aromatic heterocycles. The Bertz CT molecular complexity index is 223. The van der Waals surface area contributed by atoms with Crippen molar-refractivity contribution >= 4 is 14.2 Å². The molecule has 1 saturated carbocycles. The Labute approximate surface area is 117 Å². The second-order valence-corrected chi connectivity index (χ2v) is 8.39. The van der Waals surface area contributed by atoms with Crippen LogP contribution in [0.4, 0.5) is 0 Å². The fraction of sp³-hybridized carbons (Fsp3) is 1.00. The summed E-state index contributed by atoms with van der Waals surface area (Å²) in [4.78, 5) is 0.162. The van der Waals surface area contributed by atoms with Crippen LogP contribution >= 0.6 is 0 Å². The predicted molar refractivity (Wildman–Crippen MR) is 77.0 cm³/mol. The first-order valence-electron chi connectivity index (χ1n) is 7.83. The SMILES string of the molecule is CCCCCCCCCC1CCC([Se](=O)O)CC1. The van der Waals surface area contributed by atoms with Crippen LogP contribution in [0.25, 0.3) is 0 Å².